The third kappa shape index (κ3) is 4.50. The van der Waals surface area contributed by atoms with Gasteiger partial charge in [-0.2, -0.15) is 18.3 Å². The molecule has 2 aromatic heterocycles. The highest BCUT2D eigenvalue weighted by Gasteiger charge is 2.36. The number of carbonyl (C=O) groups is 1. The van der Waals surface area contributed by atoms with Crippen LogP contribution >= 0.6 is 0 Å². The van der Waals surface area contributed by atoms with Crippen molar-refractivity contribution in [3.63, 3.8) is 0 Å². The first kappa shape index (κ1) is 23.3. The lowest BCUT2D eigenvalue weighted by molar-refractivity contribution is -0.141. The van der Waals surface area contributed by atoms with E-state index in [1.54, 1.807) is 36.4 Å². The Kier molecular flexibility index (Phi) is 6.00. The second-order valence-electron chi connectivity index (χ2n) is 9.04. The second-order valence-corrected chi connectivity index (χ2v) is 9.04. The largest absolute Gasteiger partial charge is 0.435 e. The Morgan fingerprint density at radius 1 is 1.14 bits per heavy atom. The fourth-order valence-electron chi connectivity index (χ4n) is 4.92. The van der Waals surface area contributed by atoms with E-state index in [4.69, 9.17) is 4.74 Å². The molecule has 1 aromatic carbocycles. The zero-order chi connectivity index (χ0) is 24.7. The Morgan fingerprint density at radius 2 is 1.91 bits per heavy atom. The molecule has 0 radical (unpaired) electrons. The Morgan fingerprint density at radius 3 is 2.60 bits per heavy atom. The molecular formula is C25H26F3N5O2. The first-order valence-electron chi connectivity index (χ1n) is 11.6. The number of pyridine rings is 1. The molecule has 1 amide bonds. The number of hydrogen-bond donors (Lipinski definition) is 1. The minimum Gasteiger partial charge on any atom is -0.381 e. The number of carbonyl (C=O) groups excluding carboxylic acids is 1. The van der Waals surface area contributed by atoms with Gasteiger partial charge in [0.1, 0.15) is 5.82 Å². The van der Waals surface area contributed by atoms with Gasteiger partial charge in [0.25, 0.3) is 0 Å². The molecule has 0 spiro atoms. The van der Waals surface area contributed by atoms with Gasteiger partial charge >= 0.3 is 6.18 Å². The summed E-state index contributed by atoms with van der Waals surface area (Å²) < 4.78 is 46.4. The Balaban J connectivity index is 1.55. The molecule has 1 saturated carbocycles. The molecule has 0 bridgehead atoms. The number of nitrogens with one attached hydrogen (secondary N) is 1. The zero-order valence-electron chi connectivity index (χ0n) is 19.5. The number of aryl methyl sites for hydroxylation is 1. The molecule has 7 nitrogen and oxygen atoms in total. The molecule has 1 fully saturated rings. The second kappa shape index (κ2) is 8.99. The van der Waals surface area contributed by atoms with Crippen molar-refractivity contribution in [1.82, 2.24) is 14.8 Å². The van der Waals surface area contributed by atoms with Crippen molar-refractivity contribution < 1.29 is 22.7 Å². The smallest absolute Gasteiger partial charge is 0.381 e. The summed E-state index contributed by atoms with van der Waals surface area (Å²) in [7, 11) is 3.17. The van der Waals surface area contributed by atoms with Crippen molar-refractivity contribution in [2.24, 2.45) is 13.0 Å². The van der Waals surface area contributed by atoms with Crippen molar-refractivity contribution in [2.45, 2.75) is 44.5 Å². The number of benzene rings is 1. The molecular weight excluding hydrogens is 459 g/mol. The van der Waals surface area contributed by atoms with Gasteiger partial charge in [-0.25, -0.2) is 4.98 Å². The quantitative estimate of drug-likeness (QED) is 0.545. The molecule has 0 unspecified atom stereocenters. The summed E-state index contributed by atoms with van der Waals surface area (Å²) in [6.45, 7) is 0.314. The van der Waals surface area contributed by atoms with Gasteiger partial charge in [-0.3, -0.25) is 9.48 Å². The van der Waals surface area contributed by atoms with E-state index in [1.807, 2.05) is 12.1 Å². The monoisotopic (exact) mass is 485 g/mol. The predicted molar refractivity (Wildman–Crippen MR) is 125 cm³/mol. The number of alkyl halides is 3. The maximum Gasteiger partial charge on any atom is 0.435 e. The summed E-state index contributed by atoms with van der Waals surface area (Å²) in [5.74, 6) is 0.502. The first-order valence-corrected chi connectivity index (χ1v) is 11.6. The Hall–Kier alpha value is -3.40. The average molecular weight is 486 g/mol. The minimum absolute atomic E-state index is 0.00237. The number of halogens is 3. The van der Waals surface area contributed by atoms with E-state index in [2.05, 4.69) is 15.4 Å². The van der Waals surface area contributed by atoms with Crippen LogP contribution in [0.25, 0.3) is 11.3 Å². The average Bonchev–Trinajstić information content (AvgIpc) is 3.17. The normalized spacial score (nSPS) is 20.0. The molecule has 5 rings (SSSR count). The van der Waals surface area contributed by atoms with Crippen LogP contribution < -0.4 is 10.2 Å². The van der Waals surface area contributed by atoms with Gasteiger partial charge in [-0.1, -0.05) is 12.1 Å². The van der Waals surface area contributed by atoms with Gasteiger partial charge < -0.3 is 15.0 Å². The van der Waals surface area contributed by atoms with Crippen molar-refractivity contribution in [2.75, 3.05) is 17.3 Å². The highest BCUT2D eigenvalue weighted by atomic mass is 19.4. The third-order valence-corrected chi connectivity index (χ3v) is 6.85. The summed E-state index contributed by atoms with van der Waals surface area (Å²) in [4.78, 5) is 20.0. The number of hydrogen-bond acceptors (Lipinski definition) is 5. The maximum atomic E-state index is 13.8. The SMILES string of the molecule is CO[C@H]1CC[C@H](C(=O)N2Cc3cccnc3Nc3ccc(-c4cc(C(F)(F)F)nn4C)cc32)CC1. The summed E-state index contributed by atoms with van der Waals surface area (Å²) >= 11 is 0. The van der Waals surface area contributed by atoms with E-state index < -0.39 is 11.9 Å². The van der Waals surface area contributed by atoms with Crippen LogP contribution in [0.1, 0.15) is 36.9 Å². The van der Waals surface area contributed by atoms with Crippen LogP contribution in [-0.2, 0) is 29.3 Å². The van der Waals surface area contributed by atoms with E-state index in [9.17, 15) is 18.0 Å². The molecule has 10 heteroatoms. The van der Waals surface area contributed by atoms with Gasteiger partial charge in [0, 0.05) is 37.4 Å². The van der Waals surface area contributed by atoms with Crippen LogP contribution in [0.15, 0.2) is 42.6 Å². The standard InChI is InChI=1S/C25H26F3N5O2/c1-32-20(13-22(31-32)25(26,27)28)16-7-10-19-21(12-16)33(14-17-4-3-11-29-23(17)30-19)24(34)15-5-8-18(35-2)9-6-15/h3-4,7,10-13,15,18H,5-6,8-9,14H2,1-2H3,(H,29,30)/t15-,18-. The lowest BCUT2D eigenvalue weighted by Crippen LogP contribution is -2.38. The maximum absolute atomic E-state index is 13.8. The van der Waals surface area contributed by atoms with Crippen LogP contribution in [0.3, 0.4) is 0 Å². The number of nitrogens with zero attached hydrogens (tertiary/aromatic N) is 4. The van der Waals surface area contributed by atoms with Crippen LogP contribution in [-0.4, -0.2) is 33.9 Å². The van der Waals surface area contributed by atoms with Gasteiger partial charge in [0.15, 0.2) is 5.69 Å². The van der Waals surface area contributed by atoms with Crippen molar-refractivity contribution in [3.05, 3.63) is 53.9 Å². The van der Waals surface area contributed by atoms with Crippen LogP contribution in [0.2, 0.25) is 0 Å². The fourth-order valence-corrected chi connectivity index (χ4v) is 4.92. The molecule has 1 aliphatic heterocycles. The van der Waals surface area contributed by atoms with Gasteiger partial charge in [-0.05, 0) is 49.9 Å². The van der Waals surface area contributed by atoms with E-state index >= 15 is 0 Å². The van der Waals surface area contributed by atoms with Crippen molar-refractivity contribution in [3.8, 4) is 11.3 Å². The number of ether oxygens (including phenoxy) is 1. The lowest BCUT2D eigenvalue weighted by atomic mass is 9.86. The molecule has 35 heavy (non-hydrogen) atoms. The van der Waals surface area contributed by atoms with Gasteiger partial charge in [0.2, 0.25) is 5.91 Å². The third-order valence-electron chi connectivity index (χ3n) is 6.85. The van der Waals surface area contributed by atoms with Crippen LogP contribution in [0, 0.1) is 5.92 Å². The molecule has 1 aliphatic carbocycles. The first-order chi connectivity index (χ1) is 16.7. The highest BCUT2D eigenvalue weighted by Crippen LogP contribution is 2.40. The van der Waals surface area contributed by atoms with Crippen LogP contribution in [0.5, 0.6) is 0 Å². The number of fused-ring (bicyclic) bond motifs is 2. The summed E-state index contributed by atoms with van der Waals surface area (Å²) in [5.41, 5.74) is 2.04. The minimum atomic E-state index is -4.54. The lowest BCUT2D eigenvalue weighted by Gasteiger charge is -2.32. The van der Waals surface area contributed by atoms with Crippen molar-refractivity contribution in [1.29, 1.82) is 0 Å². The number of anilines is 3. The molecule has 184 valence electrons. The van der Waals surface area contributed by atoms with Crippen molar-refractivity contribution >= 4 is 23.1 Å². The predicted octanol–water partition coefficient (Wildman–Crippen LogP) is 5.30. The van der Waals surface area contributed by atoms with E-state index in [0.717, 1.165) is 37.3 Å². The molecule has 2 aliphatic rings. The van der Waals surface area contributed by atoms with E-state index in [0.29, 0.717) is 35.0 Å². The Bertz CT molecular complexity index is 1250. The molecule has 3 heterocycles. The number of methoxy groups -OCH3 is 1. The number of amides is 1. The summed E-state index contributed by atoms with van der Waals surface area (Å²) in [5, 5.41) is 6.94. The highest BCUT2D eigenvalue weighted by molar-refractivity contribution is 6.00. The topological polar surface area (TPSA) is 72.3 Å². The van der Waals surface area contributed by atoms with E-state index in [1.165, 1.54) is 11.7 Å². The van der Waals surface area contributed by atoms with E-state index in [-0.39, 0.29) is 17.9 Å². The van der Waals surface area contributed by atoms with Crippen LogP contribution in [0.4, 0.5) is 30.4 Å². The summed E-state index contributed by atoms with van der Waals surface area (Å²) in [6, 6.07) is 10.0. The molecule has 0 atom stereocenters. The molecule has 3 aromatic rings. The number of aromatic nitrogens is 3. The van der Waals surface area contributed by atoms with Gasteiger partial charge in [-0.15, -0.1) is 0 Å². The zero-order valence-corrected chi connectivity index (χ0v) is 19.5. The molecule has 1 N–H and O–H groups in total. The Labute approximate surface area is 200 Å². The molecule has 0 saturated heterocycles. The number of rotatable bonds is 3. The van der Waals surface area contributed by atoms with Gasteiger partial charge in [0.05, 0.1) is 29.7 Å². The summed E-state index contributed by atoms with van der Waals surface area (Å²) in [6.07, 6.45) is 0.400. The fraction of sp³-hybridized carbons (Fsp3) is 0.400.